The Hall–Kier alpha value is -2.18. The summed E-state index contributed by atoms with van der Waals surface area (Å²) in [6, 6.07) is 17.3. The minimum Gasteiger partial charge on any atom is -0.355 e. The summed E-state index contributed by atoms with van der Waals surface area (Å²) in [7, 11) is -3.38. The van der Waals surface area contributed by atoms with Crippen LogP contribution in [-0.4, -0.2) is 37.5 Å². The Kier molecular flexibility index (Phi) is 5.50. The van der Waals surface area contributed by atoms with Gasteiger partial charge in [-0.25, -0.2) is 8.42 Å². The van der Waals surface area contributed by atoms with E-state index in [1.807, 2.05) is 54.6 Å². The second-order valence-corrected chi connectivity index (χ2v) is 8.27. The first-order valence-electron chi connectivity index (χ1n) is 8.40. The van der Waals surface area contributed by atoms with Crippen molar-refractivity contribution in [3.05, 3.63) is 71.3 Å². The van der Waals surface area contributed by atoms with E-state index in [1.54, 1.807) is 0 Å². The Morgan fingerprint density at radius 2 is 1.68 bits per heavy atom. The Morgan fingerprint density at radius 1 is 1.00 bits per heavy atom. The van der Waals surface area contributed by atoms with Crippen molar-refractivity contribution in [1.82, 2.24) is 9.62 Å². The number of hydrogen-bond donors (Lipinski definition) is 1. The summed E-state index contributed by atoms with van der Waals surface area (Å²) in [6.45, 7) is 1.04. The Morgan fingerprint density at radius 3 is 2.44 bits per heavy atom. The zero-order valence-corrected chi connectivity index (χ0v) is 14.8. The van der Waals surface area contributed by atoms with Gasteiger partial charge in [-0.2, -0.15) is 4.31 Å². The van der Waals surface area contributed by atoms with E-state index in [0.29, 0.717) is 13.1 Å². The van der Waals surface area contributed by atoms with Crippen LogP contribution in [0.25, 0.3) is 0 Å². The van der Waals surface area contributed by atoms with Crippen LogP contribution in [0, 0.1) is 0 Å². The Balaban J connectivity index is 1.50. The van der Waals surface area contributed by atoms with Crippen LogP contribution in [0.2, 0.25) is 0 Å². The summed E-state index contributed by atoms with van der Waals surface area (Å²) in [4.78, 5) is 11.9. The molecule has 0 atom stereocenters. The quantitative estimate of drug-likeness (QED) is 0.855. The van der Waals surface area contributed by atoms with Gasteiger partial charge in [-0.3, -0.25) is 4.79 Å². The largest absolute Gasteiger partial charge is 0.355 e. The van der Waals surface area contributed by atoms with Crippen molar-refractivity contribution in [2.75, 3.05) is 18.8 Å². The van der Waals surface area contributed by atoms with Gasteiger partial charge < -0.3 is 5.32 Å². The van der Waals surface area contributed by atoms with Crippen molar-refractivity contribution in [3.63, 3.8) is 0 Å². The molecule has 0 aromatic heterocycles. The van der Waals surface area contributed by atoms with E-state index in [4.69, 9.17) is 0 Å². The van der Waals surface area contributed by atoms with Crippen molar-refractivity contribution in [2.45, 2.75) is 19.4 Å². The van der Waals surface area contributed by atoms with Gasteiger partial charge in [0.15, 0.2) is 0 Å². The molecular weight excluding hydrogens is 336 g/mol. The standard InChI is InChI=1S/C19H22N2O3S/c22-19(14-16-6-2-1-3-7-16)20-11-13-25(23,24)21-12-10-17-8-4-5-9-18(17)15-21/h1-9H,10-15H2,(H,20,22). The Labute approximate surface area is 148 Å². The molecule has 1 aliphatic heterocycles. The lowest BCUT2D eigenvalue weighted by Gasteiger charge is -2.28. The fraction of sp³-hybridized carbons (Fsp3) is 0.316. The smallest absolute Gasteiger partial charge is 0.224 e. The number of benzene rings is 2. The van der Waals surface area contributed by atoms with Crippen LogP contribution < -0.4 is 5.32 Å². The molecule has 0 fully saturated rings. The third kappa shape index (κ3) is 4.67. The van der Waals surface area contributed by atoms with Gasteiger partial charge in [0, 0.05) is 19.6 Å². The first kappa shape index (κ1) is 17.6. The number of carbonyl (C=O) groups is 1. The van der Waals surface area contributed by atoms with Gasteiger partial charge in [-0.1, -0.05) is 54.6 Å². The molecule has 1 N–H and O–H groups in total. The van der Waals surface area contributed by atoms with Crippen molar-refractivity contribution in [2.24, 2.45) is 0 Å². The Bertz CT molecular complexity index is 835. The minimum atomic E-state index is -3.38. The van der Waals surface area contributed by atoms with Gasteiger partial charge in [-0.05, 0) is 23.1 Å². The van der Waals surface area contributed by atoms with Crippen LogP contribution in [-0.2, 0) is 34.2 Å². The lowest BCUT2D eigenvalue weighted by molar-refractivity contribution is -0.120. The fourth-order valence-electron chi connectivity index (χ4n) is 3.00. The van der Waals surface area contributed by atoms with E-state index in [0.717, 1.165) is 17.5 Å². The predicted octanol–water partition coefficient (Wildman–Crippen LogP) is 1.73. The van der Waals surface area contributed by atoms with E-state index in [-0.39, 0.29) is 24.6 Å². The summed E-state index contributed by atoms with van der Waals surface area (Å²) in [5, 5.41) is 2.70. The van der Waals surface area contributed by atoms with Crippen molar-refractivity contribution in [1.29, 1.82) is 0 Å². The van der Waals surface area contributed by atoms with Crippen LogP contribution >= 0.6 is 0 Å². The molecule has 1 heterocycles. The third-order valence-electron chi connectivity index (χ3n) is 4.38. The molecule has 0 saturated carbocycles. The fourth-order valence-corrected chi connectivity index (χ4v) is 4.32. The van der Waals surface area contributed by atoms with E-state index < -0.39 is 10.0 Å². The van der Waals surface area contributed by atoms with Crippen molar-refractivity contribution < 1.29 is 13.2 Å². The number of carbonyl (C=O) groups excluding carboxylic acids is 1. The molecule has 0 saturated heterocycles. The molecule has 2 aromatic carbocycles. The number of nitrogens with zero attached hydrogens (tertiary/aromatic N) is 1. The number of amides is 1. The van der Waals surface area contributed by atoms with E-state index in [2.05, 4.69) is 5.32 Å². The number of hydrogen-bond acceptors (Lipinski definition) is 3. The highest BCUT2D eigenvalue weighted by Gasteiger charge is 2.26. The summed E-state index contributed by atoms with van der Waals surface area (Å²) in [5.41, 5.74) is 3.19. The molecule has 5 nitrogen and oxygen atoms in total. The molecule has 0 bridgehead atoms. The molecule has 3 rings (SSSR count). The molecule has 0 spiro atoms. The lowest BCUT2D eigenvalue weighted by Crippen LogP contribution is -2.40. The maximum Gasteiger partial charge on any atom is 0.224 e. The highest BCUT2D eigenvalue weighted by molar-refractivity contribution is 7.89. The van der Waals surface area contributed by atoms with Gasteiger partial charge in [-0.15, -0.1) is 0 Å². The highest BCUT2D eigenvalue weighted by Crippen LogP contribution is 2.20. The molecule has 0 aliphatic carbocycles. The van der Waals surface area contributed by atoms with Gasteiger partial charge in [0.1, 0.15) is 0 Å². The van der Waals surface area contributed by atoms with E-state index >= 15 is 0 Å². The normalized spacial score (nSPS) is 14.7. The summed E-state index contributed by atoms with van der Waals surface area (Å²) in [5.74, 6) is -0.235. The van der Waals surface area contributed by atoms with Crippen LogP contribution in [0.1, 0.15) is 16.7 Å². The van der Waals surface area contributed by atoms with Gasteiger partial charge in [0.25, 0.3) is 0 Å². The molecular formula is C19H22N2O3S. The second kappa shape index (κ2) is 7.80. The maximum absolute atomic E-state index is 12.5. The first-order chi connectivity index (χ1) is 12.0. The first-order valence-corrected chi connectivity index (χ1v) is 10.0. The van der Waals surface area contributed by atoms with Crippen LogP contribution in [0.5, 0.6) is 0 Å². The third-order valence-corrected chi connectivity index (χ3v) is 6.20. The van der Waals surface area contributed by atoms with E-state index in [9.17, 15) is 13.2 Å². The molecule has 1 aliphatic rings. The van der Waals surface area contributed by atoms with Crippen molar-refractivity contribution >= 4 is 15.9 Å². The number of fused-ring (bicyclic) bond motifs is 1. The van der Waals surface area contributed by atoms with Gasteiger partial charge in [0.2, 0.25) is 15.9 Å². The second-order valence-electron chi connectivity index (χ2n) is 6.18. The average Bonchev–Trinajstić information content (AvgIpc) is 2.62. The van der Waals surface area contributed by atoms with Crippen LogP contribution in [0.4, 0.5) is 0 Å². The van der Waals surface area contributed by atoms with Crippen molar-refractivity contribution in [3.8, 4) is 0 Å². The number of nitrogens with one attached hydrogen (secondary N) is 1. The number of rotatable bonds is 6. The monoisotopic (exact) mass is 358 g/mol. The topological polar surface area (TPSA) is 66.5 Å². The predicted molar refractivity (Wildman–Crippen MR) is 97.5 cm³/mol. The summed E-state index contributed by atoms with van der Waals surface area (Å²) < 4.78 is 26.5. The van der Waals surface area contributed by atoms with E-state index in [1.165, 1.54) is 9.87 Å². The van der Waals surface area contributed by atoms with Crippen LogP contribution in [0.15, 0.2) is 54.6 Å². The highest BCUT2D eigenvalue weighted by atomic mass is 32.2. The summed E-state index contributed by atoms with van der Waals surface area (Å²) in [6.07, 6.45) is 0.994. The van der Waals surface area contributed by atoms with Gasteiger partial charge >= 0.3 is 0 Å². The molecule has 25 heavy (non-hydrogen) atoms. The molecule has 6 heteroatoms. The molecule has 132 valence electrons. The number of sulfonamides is 1. The zero-order valence-electron chi connectivity index (χ0n) is 14.0. The minimum absolute atomic E-state index is 0.0737. The average molecular weight is 358 g/mol. The summed E-state index contributed by atoms with van der Waals surface area (Å²) >= 11 is 0. The lowest BCUT2D eigenvalue weighted by atomic mass is 10.0. The molecule has 0 radical (unpaired) electrons. The molecule has 2 aromatic rings. The molecule has 0 unspecified atom stereocenters. The SMILES string of the molecule is O=C(Cc1ccccc1)NCCS(=O)(=O)N1CCc2ccccc2C1. The molecule has 1 amide bonds. The maximum atomic E-state index is 12.5. The van der Waals surface area contributed by atoms with Crippen LogP contribution in [0.3, 0.4) is 0 Å². The zero-order chi connectivity index (χ0) is 17.7. The van der Waals surface area contributed by atoms with Gasteiger partial charge in [0.05, 0.1) is 12.2 Å².